The Bertz CT molecular complexity index is 209. The highest BCUT2D eigenvalue weighted by Crippen LogP contribution is 2.22. The summed E-state index contributed by atoms with van der Waals surface area (Å²) in [5.74, 6) is 0.0840. The van der Waals surface area contributed by atoms with E-state index >= 15 is 0 Å². The minimum atomic E-state index is -0.218. The summed E-state index contributed by atoms with van der Waals surface area (Å²) in [5, 5.41) is 0. The van der Waals surface area contributed by atoms with Crippen molar-refractivity contribution in [2.24, 2.45) is 5.92 Å². The summed E-state index contributed by atoms with van der Waals surface area (Å²) in [6.07, 6.45) is 7.00. The van der Waals surface area contributed by atoms with Crippen LogP contribution < -0.4 is 0 Å². The topological polar surface area (TPSA) is 26.3 Å². The molecule has 2 nitrogen and oxygen atoms in total. The molecule has 0 N–H and O–H groups in total. The van der Waals surface area contributed by atoms with Crippen molar-refractivity contribution in [1.29, 1.82) is 0 Å². The first-order valence-corrected chi connectivity index (χ1v) is 6.53. The van der Waals surface area contributed by atoms with Gasteiger partial charge in [-0.2, -0.15) is 0 Å². The Morgan fingerprint density at radius 1 is 1.19 bits per heavy atom. The summed E-state index contributed by atoms with van der Waals surface area (Å²) in [5.41, 5.74) is 0.654. The summed E-state index contributed by atoms with van der Waals surface area (Å²) in [7, 11) is 0. The van der Waals surface area contributed by atoms with Gasteiger partial charge in [-0.25, -0.2) is 4.79 Å². The zero-order chi connectivity index (χ0) is 12.4. The summed E-state index contributed by atoms with van der Waals surface area (Å²) >= 11 is 0. The number of hydrogen-bond donors (Lipinski definition) is 0. The number of rotatable bonds is 9. The van der Waals surface area contributed by atoms with Crippen molar-refractivity contribution in [2.75, 3.05) is 6.61 Å². The second-order valence-electron chi connectivity index (χ2n) is 4.20. The first kappa shape index (κ1) is 15.2. The molecule has 0 aliphatic heterocycles. The second kappa shape index (κ2) is 9.44. The quantitative estimate of drug-likeness (QED) is 0.336. The molecule has 0 aromatic carbocycles. The van der Waals surface area contributed by atoms with Gasteiger partial charge in [-0.05, 0) is 25.7 Å². The highest BCUT2D eigenvalue weighted by Gasteiger charge is 2.17. The molecule has 0 saturated heterocycles. The highest BCUT2D eigenvalue weighted by atomic mass is 16.5. The van der Waals surface area contributed by atoms with Crippen molar-refractivity contribution < 1.29 is 9.53 Å². The van der Waals surface area contributed by atoms with Crippen LogP contribution in [0.2, 0.25) is 0 Å². The maximum Gasteiger partial charge on any atom is 0.333 e. The van der Waals surface area contributed by atoms with E-state index in [4.69, 9.17) is 4.74 Å². The molecule has 0 amide bonds. The largest absolute Gasteiger partial charge is 0.463 e. The molecule has 0 heterocycles. The summed E-state index contributed by atoms with van der Waals surface area (Å²) in [6.45, 7) is 10.4. The molecule has 2 heteroatoms. The molecule has 0 spiro atoms. The molecule has 0 aliphatic rings. The Morgan fingerprint density at radius 3 is 2.38 bits per heavy atom. The monoisotopic (exact) mass is 226 g/mol. The van der Waals surface area contributed by atoms with Gasteiger partial charge in [-0.1, -0.05) is 46.1 Å². The van der Waals surface area contributed by atoms with Crippen LogP contribution in [-0.4, -0.2) is 12.6 Å². The molecule has 16 heavy (non-hydrogen) atoms. The third-order valence-corrected chi connectivity index (χ3v) is 2.93. The van der Waals surface area contributed by atoms with E-state index in [1.165, 1.54) is 25.7 Å². The van der Waals surface area contributed by atoms with Gasteiger partial charge in [0.15, 0.2) is 0 Å². The van der Waals surface area contributed by atoms with Crippen LogP contribution in [-0.2, 0) is 9.53 Å². The lowest BCUT2D eigenvalue weighted by atomic mass is 9.91. The molecule has 0 aromatic heterocycles. The van der Waals surface area contributed by atoms with E-state index in [0.29, 0.717) is 18.1 Å². The fourth-order valence-electron chi connectivity index (χ4n) is 1.83. The average molecular weight is 226 g/mol. The number of hydrogen-bond acceptors (Lipinski definition) is 2. The van der Waals surface area contributed by atoms with E-state index in [0.717, 1.165) is 12.8 Å². The van der Waals surface area contributed by atoms with Crippen molar-refractivity contribution >= 4 is 5.97 Å². The molecule has 1 unspecified atom stereocenters. The zero-order valence-corrected chi connectivity index (χ0v) is 11.1. The van der Waals surface area contributed by atoms with Crippen LogP contribution in [0.5, 0.6) is 0 Å². The molecule has 0 saturated carbocycles. The smallest absolute Gasteiger partial charge is 0.333 e. The molecular formula is C14H26O2. The standard InChI is InChI=1S/C14H26O2/c1-5-8-9-10-11-13(6-2)12(4)14(15)16-7-3/h13H,4-11H2,1-3H3. The Kier molecular flexibility index (Phi) is 8.97. The van der Waals surface area contributed by atoms with Crippen LogP contribution in [0.1, 0.15) is 59.3 Å². The molecule has 0 bridgehead atoms. The fraction of sp³-hybridized carbons (Fsp3) is 0.786. The molecule has 94 valence electrons. The Balaban J connectivity index is 3.96. The number of ether oxygens (including phenoxy) is 1. The van der Waals surface area contributed by atoms with Gasteiger partial charge in [-0.3, -0.25) is 0 Å². The minimum absolute atomic E-state index is 0.218. The Hall–Kier alpha value is -0.790. The van der Waals surface area contributed by atoms with Gasteiger partial charge in [0.2, 0.25) is 0 Å². The van der Waals surface area contributed by atoms with Crippen molar-refractivity contribution in [3.8, 4) is 0 Å². The molecular weight excluding hydrogens is 200 g/mol. The van der Waals surface area contributed by atoms with Crippen LogP contribution in [0.15, 0.2) is 12.2 Å². The lowest BCUT2D eigenvalue weighted by Gasteiger charge is -2.16. The van der Waals surface area contributed by atoms with Gasteiger partial charge in [0, 0.05) is 5.57 Å². The van der Waals surface area contributed by atoms with E-state index in [9.17, 15) is 4.79 Å². The molecule has 0 aromatic rings. The minimum Gasteiger partial charge on any atom is -0.463 e. The fourth-order valence-corrected chi connectivity index (χ4v) is 1.83. The SMILES string of the molecule is C=C(C(=O)OCC)C(CC)CCCCCC. The Morgan fingerprint density at radius 2 is 1.88 bits per heavy atom. The molecule has 0 fully saturated rings. The predicted octanol–water partition coefficient (Wildman–Crippen LogP) is 4.10. The molecule has 0 rings (SSSR count). The summed E-state index contributed by atoms with van der Waals surface area (Å²) in [4.78, 5) is 11.5. The molecule has 0 aliphatic carbocycles. The lowest BCUT2D eigenvalue weighted by molar-refractivity contribution is -0.139. The Labute approximate surface area is 100 Å². The van der Waals surface area contributed by atoms with Crippen LogP contribution in [0, 0.1) is 5.92 Å². The number of carbonyl (C=O) groups is 1. The number of esters is 1. The van der Waals surface area contributed by atoms with Crippen LogP contribution >= 0.6 is 0 Å². The van der Waals surface area contributed by atoms with Gasteiger partial charge in [0.1, 0.15) is 0 Å². The van der Waals surface area contributed by atoms with E-state index in [1.807, 2.05) is 6.92 Å². The normalized spacial score (nSPS) is 12.2. The van der Waals surface area contributed by atoms with E-state index in [-0.39, 0.29) is 5.97 Å². The first-order valence-electron chi connectivity index (χ1n) is 6.53. The zero-order valence-electron chi connectivity index (χ0n) is 11.1. The van der Waals surface area contributed by atoms with Crippen LogP contribution in [0.3, 0.4) is 0 Å². The van der Waals surface area contributed by atoms with Crippen LogP contribution in [0.4, 0.5) is 0 Å². The molecule has 1 atom stereocenters. The summed E-state index contributed by atoms with van der Waals surface area (Å²) in [6, 6.07) is 0. The van der Waals surface area contributed by atoms with Gasteiger partial charge in [0.25, 0.3) is 0 Å². The second-order valence-corrected chi connectivity index (χ2v) is 4.20. The van der Waals surface area contributed by atoms with Crippen LogP contribution in [0.25, 0.3) is 0 Å². The van der Waals surface area contributed by atoms with E-state index in [1.54, 1.807) is 0 Å². The third-order valence-electron chi connectivity index (χ3n) is 2.93. The van der Waals surface area contributed by atoms with Gasteiger partial charge in [-0.15, -0.1) is 0 Å². The van der Waals surface area contributed by atoms with Gasteiger partial charge < -0.3 is 4.74 Å². The van der Waals surface area contributed by atoms with Crippen molar-refractivity contribution in [2.45, 2.75) is 59.3 Å². The first-order chi connectivity index (χ1) is 7.67. The molecule has 0 radical (unpaired) electrons. The van der Waals surface area contributed by atoms with Gasteiger partial charge >= 0.3 is 5.97 Å². The number of unbranched alkanes of at least 4 members (excludes halogenated alkanes) is 3. The third kappa shape index (κ3) is 5.94. The van der Waals surface area contributed by atoms with Crippen molar-refractivity contribution in [1.82, 2.24) is 0 Å². The van der Waals surface area contributed by atoms with Crippen molar-refractivity contribution in [3.05, 3.63) is 12.2 Å². The van der Waals surface area contributed by atoms with E-state index in [2.05, 4.69) is 20.4 Å². The van der Waals surface area contributed by atoms with Gasteiger partial charge in [0.05, 0.1) is 6.61 Å². The van der Waals surface area contributed by atoms with Crippen molar-refractivity contribution in [3.63, 3.8) is 0 Å². The predicted molar refractivity (Wildman–Crippen MR) is 68.3 cm³/mol. The maximum atomic E-state index is 11.5. The maximum absolute atomic E-state index is 11.5. The lowest BCUT2D eigenvalue weighted by Crippen LogP contribution is -2.14. The van der Waals surface area contributed by atoms with E-state index < -0.39 is 0 Å². The summed E-state index contributed by atoms with van der Waals surface area (Å²) < 4.78 is 4.98. The highest BCUT2D eigenvalue weighted by molar-refractivity contribution is 5.88. The average Bonchev–Trinajstić information content (AvgIpc) is 2.29. The number of carbonyl (C=O) groups excluding carboxylic acids is 1.